The number of aliphatic hydroxyl groups is 1. The number of aromatic amines is 1. The fourth-order valence-electron chi connectivity index (χ4n) is 3.39. The summed E-state index contributed by atoms with van der Waals surface area (Å²) in [7, 11) is 0. The van der Waals surface area contributed by atoms with E-state index >= 15 is 0 Å². The van der Waals surface area contributed by atoms with Gasteiger partial charge in [0.15, 0.2) is 0 Å². The highest BCUT2D eigenvalue weighted by Crippen LogP contribution is 2.24. The zero-order valence-electron chi connectivity index (χ0n) is 14.9. The molecule has 136 valence electrons. The SMILES string of the molecule is CCc1nc(CN2CCOC(CO)(Cc3ccc(F)cc3)C2)c(C)[nH]1. The number of ether oxygens (including phenoxy) is 1. The number of imidazole rings is 1. The van der Waals surface area contributed by atoms with Crippen LogP contribution in [0.5, 0.6) is 0 Å². The first-order chi connectivity index (χ1) is 12.0. The van der Waals surface area contributed by atoms with E-state index < -0.39 is 5.60 Å². The monoisotopic (exact) mass is 347 g/mol. The summed E-state index contributed by atoms with van der Waals surface area (Å²) in [5.41, 5.74) is 2.44. The van der Waals surface area contributed by atoms with Gasteiger partial charge in [0, 0.05) is 38.2 Å². The molecule has 1 saturated heterocycles. The highest BCUT2D eigenvalue weighted by Gasteiger charge is 2.36. The maximum Gasteiger partial charge on any atom is 0.123 e. The number of aromatic nitrogens is 2. The van der Waals surface area contributed by atoms with Crippen molar-refractivity contribution in [3.63, 3.8) is 0 Å². The third-order valence-electron chi connectivity index (χ3n) is 4.80. The highest BCUT2D eigenvalue weighted by atomic mass is 19.1. The second-order valence-electron chi connectivity index (χ2n) is 6.81. The van der Waals surface area contributed by atoms with Crippen LogP contribution in [0.2, 0.25) is 0 Å². The van der Waals surface area contributed by atoms with Crippen LogP contribution in [0.3, 0.4) is 0 Å². The molecule has 0 amide bonds. The molecule has 1 aromatic carbocycles. The molecule has 6 heteroatoms. The van der Waals surface area contributed by atoms with Crippen LogP contribution in [0.1, 0.15) is 29.7 Å². The second-order valence-corrected chi connectivity index (χ2v) is 6.81. The quantitative estimate of drug-likeness (QED) is 0.841. The van der Waals surface area contributed by atoms with Crippen molar-refractivity contribution >= 4 is 0 Å². The summed E-state index contributed by atoms with van der Waals surface area (Å²) in [6.45, 7) is 6.77. The van der Waals surface area contributed by atoms with Crippen LogP contribution >= 0.6 is 0 Å². The van der Waals surface area contributed by atoms with Gasteiger partial charge in [-0.2, -0.15) is 0 Å². The van der Waals surface area contributed by atoms with Crippen LogP contribution in [-0.4, -0.2) is 51.9 Å². The van der Waals surface area contributed by atoms with Gasteiger partial charge in [0.25, 0.3) is 0 Å². The van der Waals surface area contributed by atoms with E-state index in [1.165, 1.54) is 12.1 Å². The Morgan fingerprint density at radius 2 is 2.12 bits per heavy atom. The molecular formula is C19H26FN3O2. The van der Waals surface area contributed by atoms with Crippen molar-refractivity contribution in [3.05, 3.63) is 52.9 Å². The molecule has 3 rings (SSSR count). The first-order valence-electron chi connectivity index (χ1n) is 8.79. The molecule has 1 fully saturated rings. The number of nitrogens with zero attached hydrogens (tertiary/aromatic N) is 2. The molecule has 1 unspecified atom stereocenters. The number of aryl methyl sites for hydroxylation is 2. The molecule has 0 aliphatic carbocycles. The van der Waals surface area contributed by atoms with E-state index in [1.807, 2.05) is 6.92 Å². The number of hydrogen-bond donors (Lipinski definition) is 2. The Morgan fingerprint density at radius 1 is 1.36 bits per heavy atom. The van der Waals surface area contributed by atoms with Gasteiger partial charge in [-0.25, -0.2) is 9.37 Å². The first kappa shape index (κ1) is 18.0. The summed E-state index contributed by atoms with van der Waals surface area (Å²) < 4.78 is 19.1. The van der Waals surface area contributed by atoms with E-state index in [0.717, 1.165) is 42.3 Å². The average Bonchev–Trinajstić information content (AvgIpc) is 2.97. The number of aliphatic hydroxyl groups excluding tert-OH is 1. The van der Waals surface area contributed by atoms with Crippen molar-refractivity contribution in [3.8, 4) is 0 Å². The predicted octanol–water partition coefficient (Wildman–Crippen LogP) is 2.23. The van der Waals surface area contributed by atoms with Gasteiger partial charge in [-0.3, -0.25) is 4.90 Å². The number of nitrogens with one attached hydrogen (secondary N) is 1. The summed E-state index contributed by atoms with van der Waals surface area (Å²) in [6, 6.07) is 6.39. The van der Waals surface area contributed by atoms with Gasteiger partial charge in [0.05, 0.1) is 18.9 Å². The van der Waals surface area contributed by atoms with Crippen molar-refractivity contribution in [1.82, 2.24) is 14.9 Å². The lowest BCUT2D eigenvalue weighted by Gasteiger charge is -2.41. The number of H-pyrrole nitrogens is 1. The molecule has 0 spiro atoms. The van der Waals surface area contributed by atoms with E-state index in [2.05, 4.69) is 21.8 Å². The smallest absolute Gasteiger partial charge is 0.123 e. The molecule has 1 aliphatic heterocycles. The van der Waals surface area contributed by atoms with Crippen molar-refractivity contribution in [2.75, 3.05) is 26.3 Å². The standard InChI is InChI=1S/C19H26FN3O2/c1-3-18-21-14(2)17(22-18)11-23-8-9-25-19(12-23,13-24)10-15-4-6-16(20)7-5-15/h4-7,24H,3,8-13H2,1-2H3,(H,21,22). The molecule has 0 bridgehead atoms. The van der Waals surface area contributed by atoms with Crippen LogP contribution in [-0.2, 0) is 24.1 Å². The van der Waals surface area contributed by atoms with Crippen LogP contribution < -0.4 is 0 Å². The van der Waals surface area contributed by atoms with E-state index in [1.54, 1.807) is 12.1 Å². The van der Waals surface area contributed by atoms with Crippen LogP contribution in [0, 0.1) is 12.7 Å². The van der Waals surface area contributed by atoms with Gasteiger partial charge in [0.2, 0.25) is 0 Å². The second kappa shape index (κ2) is 7.64. The Bertz CT molecular complexity index is 701. The molecular weight excluding hydrogens is 321 g/mol. The summed E-state index contributed by atoms with van der Waals surface area (Å²) in [4.78, 5) is 10.2. The molecule has 0 saturated carbocycles. The number of benzene rings is 1. The van der Waals surface area contributed by atoms with Gasteiger partial charge < -0.3 is 14.8 Å². The van der Waals surface area contributed by atoms with Crippen molar-refractivity contribution in [1.29, 1.82) is 0 Å². The molecule has 0 radical (unpaired) electrons. The zero-order chi connectivity index (χ0) is 17.9. The zero-order valence-corrected chi connectivity index (χ0v) is 14.9. The Balaban J connectivity index is 1.71. The van der Waals surface area contributed by atoms with E-state index in [4.69, 9.17) is 4.74 Å². The van der Waals surface area contributed by atoms with Gasteiger partial charge in [-0.15, -0.1) is 0 Å². The molecule has 25 heavy (non-hydrogen) atoms. The van der Waals surface area contributed by atoms with Crippen LogP contribution in [0.15, 0.2) is 24.3 Å². The minimum absolute atomic E-state index is 0.0688. The summed E-state index contributed by atoms with van der Waals surface area (Å²) >= 11 is 0. The Labute approximate surface area is 147 Å². The number of hydrogen-bond acceptors (Lipinski definition) is 4. The molecule has 1 aromatic heterocycles. The third-order valence-corrected chi connectivity index (χ3v) is 4.80. The molecule has 1 atom stereocenters. The van der Waals surface area contributed by atoms with Gasteiger partial charge in [-0.05, 0) is 24.6 Å². The molecule has 2 heterocycles. The van der Waals surface area contributed by atoms with Gasteiger partial charge >= 0.3 is 0 Å². The average molecular weight is 347 g/mol. The number of rotatable bonds is 6. The highest BCUT2D eigenvalue weighted by molar-refractivity contribution is 5.19. The Kier molecular flexibility index (Phi) is 5.51. The largest absolute Gasteiger partial charge is 0.393 e. The lowest BCUT2D eigenvalue weighted by atomic mass is 9.93. The topological polar surface area (TPSA) is 61.4 Å². The molecule has 2 N–H and O–H groups in total. The lowest BCUT2D eigenvalue weighted by Crippen LogP contribution is -2.55. The van der Waals surface area contributed by atoms with Crippen LogP contribution in [0.4, 0.5) is 4.39 Å². The summed E-state index contributed by atoms with van der Waals surface area (Å²) in [5, 5.41) is 9.99. The minimum Gasteiger partial charge on any atom is -0.393 e. The number of halogens is 1. The lowest BCUT2D eigenvalue weighted by molar-refractivity contribution is -0.134. The van der Waals surface area contributed by atoms with E-state index in [9.17, 15) is 9.50 Å². The normalized spacial score (nSPS) is 21.6. The van der Waals surface area contributed by atoms with Crippen molar-refractivity contribution in [2.24, 2.45) is 0 Å². The minimum atomic E-state index is -0.659. The Hall–Kier alpha value is -1.76. The van der Waals surface area contributed by atoms with Gasteiger partial charge in [0.1, 0.15) is 17.2 Å². The fourth-order valence-corrected chi connectivity index (χ4v) is 3.39. The maximum atomic E-state index is 13.1. The predicted molar refractivity (Wildman–Crippen MR) is 93.9 cm³/mol. The van der Waals surface area contributed by atoms with Crippen molar-refractivity contribution in [2.45, 2.75) is 38.8 Å². The third kappa shape index (κ3) is 4.26. The molecule has 2 aromatic rings. The van der Waals surface area contributed by atoms with E-state index in [-0.39, 0.29) is 12.4 Å². The van der Waals surface area contributed by atoms with E-state index in [0.29, 0.717) is 19.6 Å². The number of morpholine rings is 1. The summed E-state index contributed by atoms with van der Waals surface area (Å²) in [5.74, 6) is 0.745. The van der Waals surface area contributed by atoms with Gasteiger partial charge in [-0.1, -0.05) is 19.1 Å². The summed E-state index contributed by atoms with van der Waals surface area (Å²) in [6.07, 6.45) is 1.44. The first-order valence-corrected chi connectivity index (χ1v) is 8.79. The van der Waals surface area contributed by atoms with Crippen LogP contribution in [0.25, 0.3) is 0 Å². The van der Waals surface area contributed by atoms with Crippen molar-refractivity contribution < 1.29 is 14.2 Å². The molecule has 5 nitrogen and oxygen atoms in total. The maximum absolute atomic E-state index is 13.1. The Morgan fingerprint density at radius 3 is 2.76 bits per heavy atom. The molecule has 1 aliphatic rings. The fraction of sp³-hybridized carbons (Fsp3) is 0.526.